The normalized spacial score (nSPS) is 10.7. The lowest BCUT2D eigenvalue weighted by molar-refractivity contribution is -0.144. The SMILES string of the molecule is CCOC(=O)CCc1cc(I)c(O)c(-c2cc(CCC(=O)OCC)cc(I)c2O)c1. The number of carbonyl (C=O) groups is 2. The summed E-state index contributed by atoms with van der Waals surface area (Å²) in [6.07, 6.45) is 1.39. The average molecular weight is 638 g/mol. The summed E-state index contributed by atoms with van der Waals surface area (Å²) >= 11 is 4.06. The number of ether oxygens (including phenoxy) is 2. The molecule has 0 fully saturated rings. The fourth-order valence-corrected chi connectivity index (χ4v) is 4.35. The van der Waals surface area contributed by atoms with Crippen LogP contribution in [0.1, 0.15) is 37.8 Å². The highest BCUT2D eigenvalue weighted by Crippen LogP contribution is 2.41. The Kier molecular flexibility index (Phi) is 9.66. The second-order valence-corrected chi connectivity index (χ2v) is 8.88. The molecule has 8 heteroatoms. The number of phenols is 2. The van der Waals surface area contributed by atoms with Crippen LogP contribution in [0, 0.1) is 7.14 Å². The predicted octanol–water partition coefficient (Wildman–Crippen LogP) is 4.97. The van der Waals surface area contributed by atoms with E-state index in [0.717, 1.165) is 11.1 Å². The molecule has 30 heavy (non-hydrogen) atoms. The lowest BCUT2D eigenvalue weighted by atomic mass is 9.96. The van der Waals surface area contributed by atoms with E-state index in [1.54, 1.807) is 26.0 Å². The van der Waals surface area contributed by atoms with Gasteiger partial charge in [-0.15, -0.1) is 0 Å². The Labute approximate surface area is 203 Å². The molecular weight excluding hydrogens is 614 g/mol. The van der Waals surface area contributed by atoms with E-state index in [1.807, 2.05) is 57.3 Å². The number of benzene rings is 2. The van der Waals surface area contributed by atoms with Gasteiger partial charge >= 0.3 is 11.9 Å². The van der Waals surface area contributed by atoms with Gasteiger partial charge in [-0.2, -0.15) is 0 Å². The van der Waals surface area contributed by atoms with Crippen molar-refractivity contribution < 1.29 is 29.3 Å². The third kappa shape index (κ3) is 6.73. The van der Waals surface area contributed by atoms with Gasteiger partial charge in [0.1, 0.15) is 11.5 Å². The summed E-state index contributed by atoms with van der Waals surface area (Å²) < 4.78 is 11.2. The summed E-state index contributed by atoms with van der Waals surface area (Å²) in [7, 11) is 0. The van der Waals surface area contributed by atoms with E-state index < -0.39 is 0 Å². The van der Waals surface area contributed by atoms with E-state index in [0.29, 0.717) is 44.3 Å². The third-order valence-electron chi connectivity index (χ3n) is 4.38. The summed E-state index contributed by atoms with van der Waals surface area (Å²) in [6.45, 7) is 4.20. The van der Waals surface area contributed by atoms with E-state index in [-0.39, 0.29) is 36.3 Å². The Balaban J connectivity index is 2.36. The first kappa shape index (κ1) is 24.7. The van der Waals surface area contributed by atoms with Gasteiger partial charge in [0.05, 0.1) is 20.4 Å². The van der Waals surface area contributed by atoms with Gasteiger partial charge in [0.15, 0.2) is 0 Å². The molecule has 0 bridgehead atoms. The molecule has 0 unspecified atom stereocenters. The first-order valence-corrected chi connectivity index (χ1v) is 11.8. The highest BCUT2D eigenvalue weighted by Gasteiger charge is 2.17. The average Bonchev–Trinajstić information content (AvgIpc) is 2.70. The zero-order chi connectivity index (χ0) is 22.3. The van der Waals surface area contributed by atoms with Gasteiger partial charge in [-0.3, -0.25) is 9.59 Å². The van der Waals surface area contributed by atoms with Crippen LogP contribution < -0.4 is 0 Å². The summed E-state index contributed by atoms with van der Waals surface area (Å²) in [5.41, 5.74) is 2.67. The quantitative estimate of drug-likeness (QED) is 0.298. The highest BCUT2D eigenvalue weighted by molar-refractivity contribution is 14.1. The van der Waals surface area contributed by atoms with Crippen molar-refractivity contribution in [3.8, 4) is 22.6 Å². The van der Waals surface area contributed by atoms with Gasteiger partial charge in [0, 0.05) is 24.0 Å². The Morgan fingerprint density at radius 2 is 1.13 bits per heavy atom. The predicted molar refractivity (Wildman–Crippen MR) is 131 cm³/mol. The minimum absolute atomic E-state index is 0.0594. The van der Waals surface area contributed by atoms with Gasteiger partial charge in [0.2, 0.25) is 0 Å². The number of halogens is 2. The van der Waals surface area contributed by atoms with E-state index in [9.17, 15) is 19.8 Å². The van der Waals surface area contributed by atoms with Crippen LogP contribution in [0.25, 0.3) is 11.1 Å². The van der Waals surface area contributed by atoms with Crippen LogP contribution in [0.5, 0.6) is 11.5 Å². The standard InChI is InChI=1S/C22H24I2O6/c1-3-29-19(25)7-5-13-9-15(21(27)17(23)11-13)16-10-14(12-18(24)22(16)28)6-8-20(26)30-4-2/h9-12,27-28H,3-8H2,1-2H3. The van der Waals surface area contributed by atoms with Crippen LogP contribution in [0.4, 0.5) is 0 Å². The first-order valence-electron chi connectivity index (χ1n) is 9.61. The van der Waals surface area contributed by atoms with Gasteiger partial charge < -0.3 is 19.7 Å². The molecule has 162 valence electrons. The van der Waals surface area contributed by atoms with E-state index in [4.69, 9.17) is 9.47 Å². The van der Waals surface area contributed by atoms with Crippen molar-refractivity contribution in [2.24, 2.45) is 0 Å². The van der Waals surface area contributed by atoms with Crippen LogP contribution in [-0.2, 0) is 31.9 Å². The molecule has 2 rings (SSSR count). The van der Waals surface area contributed by atoms with E-state index in [1.165, 1.54) is 0 Å². The van der Waals surface area contributed by atoms with Crippen LogP contribution in [0.3, 0.4) is 0 Å². The molecule has 0 aliphatic rings. The summed E-state index contributed by atoms with van der Waals surface area (Å²) in [4.78, 5) is 23.4. The lowest BCUT2D eigenvalue weighted by Crippen LogP contribution is -2.06. The Hall–Kier alpha value is -1.56. The van der Waals surface area contributed by atoms with Gasteiger partial charge in [-0.25, -0.2) is 0 Å². The van der Waals surface area contributed by atoms with Crippen molar-refractivity contribution in [3.63, 3.8) is 0 Å². The van der Waals surface area contributed by atoms with Crippen molar-refractivity contribution in [2.45, 2.75) is 39.5 Å². The van der Waals surface area contributed by atoms with E-state index >= 15 is 0 Å². The number of esters is 2. The number of aryl methyl sites for hydroxylation is 2. The van der Waals surface area contributed by atoms with Gasteiger partial charge in [0.25, 0.3) is 0 Å². The lowest BCUT2D eigenvalue weighted by Gasteiger charge is -2.14. The Morgan fingerprint density at radius 1 is 0.767 bits per heavy atom. The Morgan fingerprint density at radius 3 is 1.47 bits per heavy atom. The zero-order valence-electron chi connectivity index (χ0n) is 16.8. The molecular formula is C22H24I2O6. The van der Waals surface area contributed by atoms with Crippen LogP contribution >= 0.6 is 45.2 Å². The van der Waals surface area contributed by atoms with Crippen molar-refractivity contribution in [3.05, 3.63) is 42.5 Å². The second-order valence-electron chi connectivity index (χ2n) is 6.56. The summed E-state index contributed by atoms with van der Waals surface area (Å²) in [5, 5.41) is 21.3. The highest BCUT2D eigenvalue weighted by atomic mass is 127. The monoisotopic (exact) mass is 638 g/mol. The van der Waals surface area contributed by atoms with Crippen molar-refractivity contribution in [2.75, 3.05) is 13.2 Å². The minimum Gasteiger partial charge on any atom is -0.506 e. The first-order chi connectivity index (χ1) is 14.3. The molecule has 0 saturated carbocycles. The maximum atomic E-state index is 11.7. The fourth-order valence-electron chi connectivity index (χ4n) is 2.97. The van der Waals surface area contributed by atoms with E-state index in [2.05, 4.69) is 0 Å². The van der Waals surface area contributed by atoms with Gasteiger partial charge in [-0.1, -0.05) is 0 Å². The van der Waals surface area contributed by atoms with Crippen molar-refractivity contribution >= 4 is 57.1 Å². The van der Waals surface area contributed by atoms with Crippen LogP contribution in [0.2, 0.25) is 0 Å². The number of rotatable bonds is 9. The maximum Gasteiger partial charge on any atom is 0.306 e. The molecule has 0 spiro atoms. The number of hydrogen-bond acceptors (Lipinski definition) is 6. The molecule has 0 saturated heterocycles. The van der Waals surface area contributed by atoms with Crippen molar-refractivity contribution in [1.29, 1.82) is 0 Å². The molecule has 2 aromatic rings. The maximum absolute atomic E-state index is 11.7. The third-order valence-corrected chi connectivity index (χ3v) is 6.03. The second kappa shape index (κ2) is 11.7. The molecule has 0 aromatic heterocycles. The molecule has 0 amide bonds. The molecule has 2 N–H and O–H groups in total. The molecule has 0 radical (unpaired) electrons. The van der Waals surface area contributed by atoms with Crippen LogP contribution in [0.15, 0.2) is 24.3 Å². The molecule has 6 nitrogen and oxygen atoms in total. The fraction of sp³-hybridized carbons (Fsp3) is 0.364. The topological polar surface area (TPSA) is 93.1 Å². The number of hydrogen-bond donors (Lipinski definition) is 2. The molecule has 0 aliphatic carbocycles. The zero-order valence-corrected chi connectivity index (χ0v) is 21.2. The summed E-state index contributed by atoms with van der Waals surface area (Å²) in [5.74, 6) is -0.436. The minimum atomic E-state index is -0.277. The molecule has 0 heterocycles. The largest absolute Gasteiger partial charge is 0.506 e. The molecule has 0 aliphatic heterocycles. The van der Waals surface area contributed by atoms with Crippen molar-refractivity contribution in [1.82, 2.24) is 0 Å². The Bertz CT molecular complexity index is 851. The summed E-state index contributed by atoms with van der Waals surface area (Å²) in [6, 6.07) is 7.17. The molecule has 2 aromatic carbocycles. The van der Waals surface area contributed by atoms with Crippen LogP contribution in [-0.4, -0.2) is 35.4 Å². The number of aromatic hydroxyl groups is 2. The molecule has 0 atom stereocenters. The van der Waals surface area contributed by atoms with Gasteiger partial charge in [-0.05, 0) is 107 Å². The number of carbonyl (C=O) groups excluding carboxylic acids is 2. The number of phenolic OH excluding ortho intramolecular Hbond substituents is 2. The smallest absolute Gasteiger partial charge is 0.306 e.